The van der Waals surface area contributed by atoms with Crippen LogP contribution in [0.15, 0.2) is 4.52 Å². The van der Waals surface area contributed by atoms with E-state index in [0.717, 1.165) is 31.8 Å². The first-order chi connectivity index (χ1) is 8.78. The largest absolute Gasteiger partial charge is 0.376 e. The highest BCUT2D eigenvalue weighted by Crippen LogP contribution is 2.07. The van der Waals surface area contributed by atoms with Crippen LogP contribution in [0, 0.1) is 0 Å². The highest BCUT2D eigenvalue weighted by atomic mass is 16.6. The van der Waals surface area contributed by atoms with Crippen LogP contribution in [0.25, 0.3) is 0 Å². The SMILES string of the molecule is CCc1nc(CN(C)CCC2COCCO2)no1. The molecule has 6 nitrogen and oxygen atoms in total. The van der Waals surface area contributed by atoms with Crippen molar-refractivity contribution in [3.05, 3.63) is 11.7 Å². The van der Waals surface area contributed by atoms with E-state index in [1.54, 1.807) is 0 Å². The molecule has 0 radical (unpaired) electrons. The summed E-state index contributed by atoms with van der Waals surface area (Å²) in [5, 5.41) is 3.94. The molecule has 0 saturated carbocycles. The van der Waals surface area contributed by atoms with Gasteiger partial charge in [0, 0.05) is 13.0 Å². The molecule has 1 aromatic rings. The van der Waals surface area contributed by atoms with Crippen LogP contribution >= 0.6 is 0 Å². The Bertz CT molecular complexity index is 350. The predicted molar refractivity (Wildman–Crippen MR) is 65.2 cm³/mol. The Labute approximate surface area is 107 Å². The second-order valence-electron chi connectivity index (χ2n) is 4.55. The van der Waals surface area contributed by atoms with Gasteiger partial charge in [0.25, 0.3) is 0 Å². The van der Waals surface area contributed by atoms with Crippen LogP contribution in [0.5, 0.6) is 0 Å². The Morgan fingerprint density at radius 3 is 2.94 bits per heavy atom. The van der Waals surface area contributed by atoms with E-state index in [0.29, 0.717) is 25.6 Å². The molecule has 1 unspecified atom stereocenters. The maximum atomic E-state index is 5.60. The van der Waals surface area contributed by atoms with Gasteiger partial charge >= 0.3 is 0 Å². The van der Waals surface area contributed by atoms with Crippen molar-refractivity contribution >= 4 is 0 Å². The summed E-state index contributed by atoms with van der Waals surface area (Å²) in [7, 11) is 2.05. The quantitative estimate of drug-likeness (QED) is 0.751. The number of aryl methyl sites for hydroxylation is 1. The summed E-state index contributed by atoms with van der Waals surface area (Å²) in [5.41, 5.74) is 0. The fraction of sp³-hybridized carbons (Fsp3) is 0.833. The van der Waals surface area contributed by atoms with Gasteiger partial charge in [-0.15, -0.1) is 0 Å². The molecule has 0 aliphatic carbocycles. The lowest BCUT2D eigenvalue weighted by Crippen LogP contribution is -2.32. The summed E-state index contributed by atoms with van der Waals surface area (Å²) >= 11 is 0. The van der Waals surface area contributed by atoms with Gasteiger partial charge in [0.2, 0.25) is 5.89 Å². The normalized spacial score (nSPS) is 20.5. The van der Waals surface area contributed by atoms with Crippen molar-refractivity contribution in [2.24, 2.45) is 0 Å². The van der Waals surface area contributed by atoms with Crippen molar-refractivity contribution in [2.45, 2.75) is 32.4 Å². The van der Waals surface area contributed by atoms with E-state index in [2.05, 4.69) is 15.0 Å². The molecule has 6 heteroatoms. The molecule has 1 aromatic heterocycles. The molecule has 2 heterocycles. The zero-order valence-electron chi connectivity index (χ0n) is 11.1. The number of hydrogen-bond donors (Lipinski definition) is 0. The van der Waals surface area contributed by atoms with Gasteiger partial charge in [-0.1, -0.05) is 12.1 Å². The van der Waals surface area contributed by atoms with Gasteiger partial charge < -0.3 is 14.0 Å². The zero-order chi connectivity index (χ0) is 12.8. The number of aromatic nitrogens is 2. The fourth-order valence-corrected chi connectivity index (χ4v) is 1.89. The Kier molecular flexibility index (Phi) is 5.10. The molecule has 1 aliphatic rings. The first-order valence-electron chi connectivity index (χ1n) is 6.47. The van der Waals surface area contributed by atoms with E-state index in [-0.39, 0.29) is 6.10 Å². The summed E-state index contributed by atoms with van der Waals surface area (Å²) in [6, 6.07) is 0. The molecule has 1 saturated heterocycles. The van der Waals surface area contributed by atoms with Gasteiger partial charge in [0.05, 0.1) is 32.5 Å². The van der Waals surface area contributed by atoms with Crippen LogP contribution in [0.3, 0.4) is 0 Å². The van der Waals surface area contributed by atoms with Crippen LogP contribution in [0.4, 0.5) is 0 Å². The Hall–Kier alpha value is -0.980. The molecular weight excluding hydrogens is 234 g/mol. The number of rotatable bonds is 6. The van der Waals surface area contributed by atoms with Crippen molar-refractivity contribution in [1.29, 1.82) is 0 Å². The molecule has 18 heavy (non-hydrogen) atoms. The minimum Gasteiger partial charge on any atom is -0.376 e. The second-order valence-corrected chi connectivity index (χ2v) is 4.55. The first-order valence-corrected chi connectivity index (χ1v) is 6.47. The first kappa shape index (κ1) is 13.5. The monoisotopic (exact) mass is 255 g/mol. The van der Waals surface area contributed by atoms with Gasteiger partial charge in [0.15, 0.2) is 5.82 Å². The molecule has 2 rings (SSSR count). The molecule has 0 amide bonds. The highest BCUT2D eigenvalue weighted by Gasteiger charge is 2.15. The minimum absolute atomic E-state index is 0.220. The topological polar surface area (TPSA) is 60.6 Å². The van der Waals surface area contributed by atoms with Crippen molar-refractivity contribution < 1.29 is 14.0 Å². The molecule has 1 atom stereocenters. The summed E-state index contributed by atoms with van der Waals surface area (Å²) in [6.07, 6.45) is 1.97. The predicted octanol–water partition coefficient (Wildman–Crippen LogP) is 0.869. The lowest BCUT2D eigenvalue weighted by Gasteiger charge is -2.24. The lowest BCUT2D eigenvalue weighted by molar-refractivity contribution is -0.0924. The summed E-state index contributed by atoms with van der Waals surface area (Å²) in [4.78, 5) is 6.46. The highest BCUT2D eigenvalue weighted by molar-refractivity contribution is 4.85. The van der Waals surface area contributed by atoms with Gasteiger partial charge in [-0.25, -0.2) is 0 Å². The minimum atomic E-state index is 0.220. The van der Waals surface area contributed by atoms with E-state index in [4.69, 9.17) is 14.0 Å². The van der Waals surface area contributed by atoms with E-state index in [1.807, 2.05) is 14.0 Å². The van der Waals surface area contributed by atoms with Gasteiger partial charge in [-0.3, -0.25) is 4.90 Å². The molecule has 0 aromatic carbocycles. The van der Waals surface area contributed by atoms with Crippen LogP contribution < -0.4 is 0 Å². The number of hydrogen-bond acceptors (Lipinski definition) is 6. The maximum Gasteiger partial charge on any atom is 0.226 e. The van der Waals surface area contributed by atoms with E-state index >= 15 is 0 Å². The fourth-order valence-electron chi connectivity index (χ4n) is 1.89. The molecular formula is C12H21N3O3. The summed E-state index contributed by atoms with van der Waals surface area (Å²) < 4.78 is 16.0. The molecule has 0 spiro atoms. The van der Waals surface area contributed by atoms with Gasteiger partial charge in [0.1, 0.15) is 0 Å². The average Bonchev–Trinajstić information content (AvgIpc) is 2.85. The van der Waals surface area contributed by atoms with E-state index in [9.17, 15) is 0 Å². The molecule has 1 aliphatic heterocycles. The molecule has 1 fully saturated rings. The maximum absolute atomic E-state index is 5.60. The average molecular weight is 255 g/mol. The summed E-state index contributed by atoms with van der Waals surface area (Å²) in [5.74, 6) is 1.44. The number of ether oxygens (including phenoxy) is 2. The van der Waals surface area contributed by atoms with Crippen LogP contribution in [0.2, 0.25) is 0 Å². The van der Waals surface area contributed by atoms with Crippen molar-refractivity contribution in [3.8, 4) is 0 Å². The third-order valence-electron chi connectivity index (χ3n) is 2.94. The standard InChI is InChI=1S/C12H21N3O3/c1-3-12-13-11(14-18-12)8-15(2)5-4-10-9-16-6-7-17-10/h10H,3-9H2,1-2H3. The molecule has 0 N–H and O–H groups in total. The lowest BCUT2D eigenvalue weighted by atomic mass is 10.2. The van der Waals surface area contributed by atoms with Crippen LogP contribution in [0.1, 0.15) is 25.1 Å². The van der Waals surface area contributed by atoms with Gasteiger partial charge in [-0.05, 0) is 13.5 Å². The van der Waals surface area contributed by atoms with Gasteiger partial charge in [-0.2, -0.15) is 4.98 Å². The molecule has 0 bridgehead atoms. The summed E-state index contributed by atoms with van der Waals surface area (Å²) in [6.45, 7) is 5.77. The van der Waals surface area contributed by atoms with Crippen LogP contribution in [-0.2, 0) is 22.4 Å². The third kappa shape index (κ3) is 4.04. The Balaban J connectivity index is 1.69. The second kappa shape index (κ2) is 6.82. The third-order valence-corrected chi connectivity index (χ3v) is 2.94. The van der Waals surface area contributed by atoms with Crippen molar-refractivity contribution in [1.82, 2.24) is 15.0 Å². The smallest absolute Gasteiger partial charge is 0.226 e. The Morgan fingerprint density at radius 1 is 1.39 bits per heavy atom. The zero-order valence-corrected chi connectivity index (χ0v) is 11.1. The van der Waals surface area contributed by atoms with Crippen molar-refractivity contribution in [3.63, 3.8) is 0 Å². The van der Waals surface area contributed by atoms with E-state index < -0.39 is 0 Å². The number of nitrogens with zero attached hydrogens (tertiary/aromatic N) is 3. The van der Waals surface area contributed by atoms with E-state index in [1.165, 1.54) is 0 Å². The van der Waals surface area contributed by atoms with Crippen molar-refractivity contribution in [2.75, 3.05) is 33.4 Å². The molecule has 102 valence electrons. The Morgan fingerprint density at radius 2 is 2.28 bits per heavy atom. The van der Waals surface area contributed by atoms with Crippen LogP contribution in [-0.4, -0.2) is 54.6 Å².